The fraction of sp³-hybridized carbons (Fsp3) is 0.724. The second-order valence-corrected chi connectivity index (χ2v) is 15.6. The third kappa shape index (κ3) is 14.2. The minimum absolute atomic E-state index is 0.00287. The average molecular weight is 736 g/mol. The van der Waals surface area contributed by atoms with E-state index < -0.39 is 11.1 Å². The molecule has 0 atom stereocenters. The number of rotatable bonds is 3. The van der Waals surface area contributed by atoms with Gasteiger partial charge in [-0.05, 0) is 80.8 Å². The van der Waals surface area contributed by atoms with Crippen molar-refractivity contribution < 1.29 is 19.1 Å². The molecule has 48 heavy (non-hydrogen) atoms. The summed E-state index contributed by atoms with van der Waals surface area (Å²) in [6.45, 7) is 24.2. The van der Waals surface area contributed by atoms with Gasteiger partial charge >= 0.3 is 12.1 Å². The van der Waals surface area contributed by atoms with Crippen molar-refractivity contribution in [2.24, 2.45) is 0 Å². The van der Waals surface area contributed by atoms with Crippen molar-refractivity contribution in [1.82, 2.24) is 45.5 Å². The highest BCUT2D eigenvalue weighted by Gasteiger charge is 2.39. The predicted molar refractivity (Wildman–Crippen MR) is 187 cm³/mol. The zero-order chi connectivity index (χ0) is 36.7. The number of amides is 1. The molecule has 0 unspecified atom stereocenters. The molecule has 0 aromatic carbocycles. The van der Waals surface area contributed by atoms with Gasteiger partial charge in [0.05, 0.1) is 12.1 Å². The van der Waals surface area contributed by atoms with Gasteiger partial charge in [-0.25, -0.2) is 4.79 Å². The summed E-state index contributed by atoms with van der Waals surface area (Å²) in [5.41, 5.74) is 9.68. The SMILES string of the molecule is CC(C)(C)OC(=O)N1CCN(c2nnc(Cl)c(N)n2)C(C)(C)C1.CC1(C)CN(CC(=O)OC(C)(C)C)CCN1.Nc1nc(Cl)nnc1Cl. The van der Waals surface area contributed by atoms with Crippen LogP contribution in [-0.4, -0.2) is 120 Å². The lowest BCUT2D eigenvalue weighted by Gasteiger charge is -2.46. The number of anilines is 3. The summed E-state index contributed by atoms with van der Waals surface area (Å²) in [7, 11) is 0. The molecule has 0 radical (unpaired) electrons. The maximum Gasteiger partial charge on any atom is 0.410 e. The molecule has 4 heterocycles. The van der Waals surface area contributed by atoms with E-state index in [0.29, 0.717) is 32.1 Å². The Bertz CT molecular complexity index is 1400. The van der Waals surface area contributed by atoms with Crippen LogP contribution >= 0.6 is 34.8 Å². The number of ether oxygens (including phenoxy) is 2. The smallest absolute Gasteiger partial charge is 0.410 e. The Labute approximate surface area is 297 Å². The third-order valence-electron chi connectivity index (χ3n) is 6.52. The Morgan fingerprint density at radius 2 is 1.38 bits per heavy atom. The highest BCUT2D eigenvalue weighted by Crippen LogP contribution is 2.27. The molecule has 4 rings (SSSR count). The van der Waals surface area contributed by atoms with Crippen molar-refractivity contribution in [3.8, 4) is 0 Å². The van der Waals surface area contributed by atoms with E-state index in [0.717, 1.165) is 19.6 Å². The zero-order valence-corrected chi connectivity index (χ0v) is 31.7. The summed E-state index contributed by atoms with van der Waals surface area (Å²) in [6, 6.07) is 0. The number of piperazine rings is 2. The molecule has 16 nitrogen and oxygen atoms in total. The molecule has 2 saturated heterocycles. The molecular weight excluding hydrogens is 687 g/mol. The molecule has 0 bridgehead atoms. The van der Waals surface area contributed by atoms with E-state index in [4.69, 9.17) is 55.7 Å². The van der Waals surface area contributed by atoms with E-state index in [1.54, 1.807) is 4.90 Å². The van der Waals surface area contributed by atoms with Gasteiger partial charge in [-0.1, -0.05) is 23.2 Å². The minimum Gasteiger partial charge on any atom is -0.459 e. The second-order valence-electron chi connectivity index (χ2n) is 14.5. The van der Waals surface area contributed by atoms with Crippen LogP contribution in [0.2, 0.25) is 15.6 Å². The van der Waals surface area contributed by atoms with Crippen molar-refractivity contribution in [2.75, 3.05) is 62.2 Å². The lowest BCUT2D eigenvalue weighted by molar-refractivity contribution is -0.156. The maximum absolute atomic E-state index is 12.2. The number of carbonyl (C=O) groups excluding carboxylic acids is 2. The van der Waals surface area contributed by atoms with Gasteiger partial charge in [0.25, 0.3) is 0 Å². The van der Waals surface area contributed by atoms with Gasteiger partial charge in [-0.2, -0.15) is 9.97 Å². The van der Waals surface area contributed by atoms with Crippen LogP contribution in [-0.2, 0) is 14.3 Å². The summed E-state index contributed by atoms with van der Waals surface area (Å²) in [6.07, 6.45) is -0.320. The number of esters is 1. The molecule has 2 aromatic rings. The van der Waals surface area contributed by atoms with Crippen LogP contribution in [0.15, 0.2) is 0 Å². The van der Waals surface area contributed by atoms with Gasteiger partial charge in [0.2, 0.25) is 11.2 Å². The topological polar surface area (TPSA) is 204 Å². The molecule has 0 saturated carbocycles. The fourth-order valence-corrected chi connectivity index (χ4v) is 4.97. The summed E-state index contributed by atoms with van der Waals surface area (Å²) in [5, 5.41) is 18.1. The lowest BCUT2D eigenvalue weighted by Crippen LogP contribution is -2.61. The van der Waals surface area contributed by atoms with Crippen molar-refractivity contribution >= 4 is 64.4 Å². The quantitative estimate of drug-likeness (QED) is 0.385. The highest BCUT2D eigenvalue weighted by atomic mass is 35.5. The molecule has 5 N–H and O–H groups in total. The lowest BCUT2D eigenvalue weighted by atomic mass is 9.99. The van der Waals surface area contributed by atoms with Crippen molar-refractivity contribution in [1.29, 1.82) is 0 Å². The molecule has 2 aliphatic heterocycles. The van der Waals surface area contributed by atoms with Crippen molar-refractivity contribution in [3.05, 3.63) is 15.6 Å². The Morgan fingerprint density at radius 1 is 0.812 bits per heavy atom. The summed E-state index contributed by atoms with van der Waals surface area (Å²) in [5.74, 6) is 0.504. The number of halogens is 3. The first-order valence-corrected chi connectivity index (χ1v) is 16.4. The summed E-state index contributed by atoms with van der Waals surface area (Å²) < 4.78 is 10.7. The molecule has 19 heteroatoms. The number of nitrogen functional groups attached to an aromatic ring is 2. The first kappa shape index (κ1) is 41.1. The average Bonchev–Trinajstić information content (AvgIpc) is 2.90. The van der Waals surface area contributed by atoms with E-state index in [1.165, 1.54) is 0 Å². The first-order chi connectivity index (χ1) is 21.9. The number of nitrogens with two attached hydrogens (primary N) is 2. The minimum atomic E-state index is -0.518. The normalized spacial score (nSPS) is 17.7. The number of nitrogens with zero attached hydrogens (tertiary/aromatic N) is 9. The molecule has 2 aromatic heterocycles. The second kappa shape index (κ2) is 16.6. The van der Waals surface area contributed by atoms with Crippen LogP contribution in [0.4, 0.5) is 22.4 Å². The van der Waals surface area contributed by atoms with Crippen LogP contribution in [0.5, 0.6) is 0 Å². The number of hydrogen-bond acceptors (Lipinski definition) is 15. The van der Waals surface area contributed by atoms with Crippen LogP contribution < -0.4 is 21.7 Å². The number of aromatic nitrogens is 6. The summed E-state index contributed by atoms with van der Waals surface area (Å²) >= 11 is 16.4. The van der Waals surface area contributed by atoms with Gasteiger partial charge in [0.1, 0.15) is 11.2 Å². The standard InChI is InChI=1S/C14H23ClN6O2.C12H24N2O2.C3H2Cl2N4/c1-13(2,3)23-12(22)20-6-7-21(14(4,5)8-20)11-17-10(16)9(15)18-19-11;1-11(2,3)16-10(15)8-14-7-6-13-12(4,5)9-14;4-1-2(6)7-3(5)9-8-1/h6-8H2,1-5H3,(H2,16,17,19);13H,6-9H2,1-5H3;(H2,6,7,9). The van der Waals surface area contributed by atoms with Crippen LogP contribution in [0.1, 0.15) is 69.2 Å². The number of carbonyl (C=O) groups is 2. The van der Waals surface area contributed by atoms with Crippen LogP contribution in [0.25, 0.3) is 0 Å². The van der Waals surface area contributed by atoms with E-state index in [-0.39, 0.29) is 50.4 Å². The Morgan fingerprint density at radius 3 is 1.85 bits per heavy atom. The molecule has 0 spiro atoms. The van der Waals surface area contributed by atoms with E-state index in [2.05, 4.69) is 54.4 Å². The van der Waals surface area contributed by atoms with Gasteiger partial charge in [0.15, 0.2) is 21.9 Å². The Hall–Kier alpha value is -3.05. The van der Waals surface area contributed by atoms with E-state index >= 15 is 0 Å². The van der Waals surface area contributed by atoms with Gasteiger partial charge in [-0.15, -0.1) is 20.4 Å². The number of hydrogen-bond donors (Lipinski definition) is 3. The Kier molecular flexibility index (Phi) is 14.2. The van der Waals surface area contributed by atoms with Crippen LogP contribution in [0, 0.1) is 0 Å². The molecular formula is C29H49Cl3N12O4. The van der Waals surface area contributed by atoms with Crippen molar-refractivity contribution in [3.63, 3.8) is 0 Å². The first-order valence-electron chi connectivity index (χ1n) is 15.3. The number of nitrogens with one attached hydrogen (secondary N) is 1. The molecule has 270 valence electrons. The third-order valence-corrected chi connectivity index (χ3v) is 7.22. The fourth-order valence-electron chi connectivity index (χ4n) is 4.68. The van der Waals surface area contributed by atoms with Gasteiger partial charge in [0, 0.05) is 44.8 Å². The molecule has 0 aliphatic carbocycles. The monoisotopic (exact) mass is 734 g/mol. The van der Waals surface area contributed by atoms with Gasteiger partial charge in [-0.3, -0.25) is 9.69 Å². The van der Waals surface area contributed by atoms with E-state index in [1.807, 2.05) is 60.3 Å². The van der Waals surface area contributed by atoms with E-state index in [9.17, 15) is 9.59 Å². The summed E-state index contributed by atoms with van der Waals surface area (Å²) in [4.78, 5) is 37.4. The van der Waals surface area contributed by atoms with Crippen molar-refractivity contribution in [2.45, 2.75) is 91.5 Å². The Balaban J connectivity index is 0.000000276. The maximum atomic E-state index is 12.2. The van der Waals surface area contributed by atoms with Crippen LogP contribution in [0.3, 0.4) is 0 Å². The molecule has 2 aliphatic rings. The predicted octanol–water partition coefficient (Wildman–Crippen LogP) is 3.72. The van der Waals surface area contributed by atoms with Gasteiger partial charge < -0.3 is 36.1 Å². The molecule has 1 amide bonds. The zero-order valence-electron chi connectivity index (χ0n) is 29.4. The largest absolute Gasteiger partial charge is 0.459 e. The highest BCUT2D eigenvalue weighted by molar-refractivity contribution is 6.32. The molecule has 2 fully saturated rings.